The van der Waals surface area contributed by atoms with E-state index in [1.807, 2.05) is 0 Å². The molecule has 13 heteroatoms. The van der Waals surface area contributed by atoms with Crippen LogP contribution in [-0.2, 0) is 19.2 Å². The molecular weight excluding hydrogens is 518 g/mol. The van der Waals surface area contributed by atoms with Crippen molar-refractivity contribution in [3.05, 3.63) is 48.6 Å². The van der Waals surface area contributed by atoms with Crippen LogP contribution in [0.5, 0.6) is 0 Å². The Labute approximate surface area is 222 Å². The summed E-state index contributed by atoms with van der Waals surface area (Å²) < 4.78 is 0. The van der Waals surface area contributed by atoms with Crippen LogP contribution in [0.25, 0.3) is 0 Å². The lowest BCUT2D eigenvalue weighted by molar-refractivity contribution is -0.140. The van der Waals surface area contributed by atoms with Gasteiger partial charge in [-0.3, -0.25) is 14.4 Å². The van der Waals surface area contributed by atoms with Gasteiger partial charge in [-0.1, -0.05) is 6.42 Å². The first-order chi connectivity index (χ1) is 17.8. The molecule has 3 N–H and O–H groups in total. The second kappa shape index (κ2) is 14.0. The van der Waals surface area contributed by atoms with Crippen molar-refractivity contribution in [2.45, 2.75) is 49.1 Å². The van der Waals surface area contributed by atoms with Crippen LogP contribution in [0, 0.1) is 11.8 Å². The summed E-state index contributed by atoms with van der Waals surface area (Å²) in [4.78, 5) is 65.3. The number of Topliss-reactive ketones (excluding diaryl/α,β-unsaturated/α-hetero) is 1. The summed E-state index contributed by atoms with van der Waals surface area (Å²) in [6.45, 7) is 1.25. The number of hydrogen-bond donors (Lipinski definition) is 3. The molecule has 2 heterocycles. The van der Waals surface area contributed by atoms with E-state index in [1.165, 1.54) is 36.8 Å². The molecule has 2 aromatic heterocycles. The Morgan fingerprint density at radius 2 is 1.76 bits per heavy atom. The molecule has 0 aromatic carbocycles. The second-order valence-corrected chi connectivity index (χ2v) is 11.0. The molecular formula is C24H29N5O6S2. The van der Waals surface area contributed by atoms with Crippen molar-refractivity contribution in [2.24, 2.45) is 11.8 Å². The Morgan fingerprint density at radius 3 is 2.35 bits per heavy atom. The number of ketones is 1. The van der Waals surface area contributed by atoms with Gasteiger partial charge in [-0.2, -0.15) is 11.8 Å². The molecule has 4 unspecified atom stereocenters. The van der Waals surface area contributed by atoms with Gasteiger partial charge in [0.25, 0.3) is 0 Å². The Kier molecular flexibility index (Phi) is 10.8. The highest BCUT2D eigenvalue weighted by atomic mass is 32.2. The molecule has 0 saturated heterocycles. The molecule has 198 valence electrons. The van der Waals surface area contributed by atoms with Crippen LogP contribution in [0.2, 0.25) is 0 Å². The van der Waals surface area contributed by atoms with Crippen LogP contribution in [0.1, 0.15) is 54.6 Å². The number of aromatic nitrogens is 4. The number of carbonyl (C=O) groups is 4. The largest absolute Gasteiger partial charge is 0.481 e. The molecule has 1 fully saturated rings. The summed E-state index contributed by atoms with van der Waals surface area (Å²) in [6, 6.07) is 2.29. The number of nitrogens with zero attached hydrogens (tertiary/aromatic N) is 4. The number of carboxylic acid groups (broad SMARTS) is 2. The zero-order valence-corrected chi connectivity index (χ0v) is 21.9. The number of nitrogens with one attached hydrogen (secondary N) is 1. The molecule has 37 heavy (non-hydrogen) atoms. The predicted octanol–water partition coefficient (Wildman–Crippen LogP) is 2.56. The van der Waals surface area contributed by atoms with Gasteiger partial charge < -0.3 is 15.5 Å². The number of rotatable bonds is 13. The standard InChI is InChI=1S/C24H29N5O6S2/c1-14(30)29-18(24(34)35)12-37-22(23-26-8-3-9-27-23)16-5-2-4-15(20(16)33)21(36-11-7-19(31)32)17-6-10-25-13-28-17/h3,6,8-10,13,15-16,18,21-22H,2,4-5,7,11-12H2,1H3,(H,29,30)(H,31,32)(H,34,35)/t15?,16?,18-,21?,22?/m0/s1. The van der Waals surface area contributed by atoms with E-state index in [9.17, 15) is 24.3 Å². The quantitative estimate of drug-likeness (QED) is 0.335. The van der Waals surface area contributed by atoms with Gasteiger partial charge in [0.2, 0.25) is 5.91 Å². The fourth-order valence-electron chi connectivity index (χ4n) is 4.32. The summed E-state index contributed by atoms with van der Waals surface area (Å²) in [5.41, 5.74) is 0.668. The number of amides is 1. The van der Waals surface area contributed by atoms with Crippen molar-refractivity contribution in [1.29, 1.82) is 0 Å². The van der Waals surface area contributed by atoms with E-state index in [0.717, 1.165) is 6.42 Å². The molecule has 1 aliphatic carbocycles. The van der Waals surface area contributed by atoms with Gasteiger partial charge in [-0.05, 0) is 25.0 Å². The maximum absolute atomic E-state index is 14.0. The molecule has 3 rings (SSSR count). The van der Waals surface area contributed by atoms with Gasteiger partial charge in [0.1, 0.15) is 24.0 Å². The van der Waals surface area contributed by atoms with Crippen molar-refractivity contribution >= 4 is 47.2 Å². The molecule has 5 atom stereocenters. The maximum atomic E-state index is 14.0. The van der Waals surface area contributed by atoms with E-state index in [0.29, 0.717) is 30.1 Å². The highest BCUT2D eigenvalue weighted by Gasteiger charge is 2.42. The minimum absolute atomic E-state index is 0.00552. The predicted molar refractivity (Wildman–Crippen MR) is 138 cm³/mol. The lowest BCUT2D eigenvalue weighted by Gasteiger charge is -2.36. The fraction of sp³-hybridized carbons (Fsp3) is 0.500. The van der Waals surface area contributed by atoms with Gasteiger partial charge in [0.15, 0.2) is 0 Å². The summed E-state index contributed by atoms with van der Waals surface area (Å²) in [5, 5.41) is 20.2. The molecule has 0 spiro atoms. The van der Waals surface area contributed by atoms with Crippen molar-refractivity contribution in [3.8, 4) is 0 Å². The summed E-state index contributed by atoms with van der Waals surface area (Å²) in [5.74, 6) is -2.64. The fourth-order valence-corrected chi connectivity index (χ4v) is 7.07. The molecule has 1 saturated carbocycles. The van der Waals surface area contributed by atoms with Crippen LogP contribution < -0.4 is 5.32 Å². The second-order valence-electron chi connectivity index (χ2n) is 8.57. The van der Waals surface area contributed by atoms with Crippen molar-refractivity contribution in [2.75, 3.05) is 11.5 Å². The average molecular weight is 548 g/mol. The van der Waals surface area contributed by atoms with Gasteiger partial charge in [-0.25, -0.2) is 24.7 Å². The first-order valence-electron chi connectivity index (χ1n) is 11.8. The van der Waals surface area contributed by atoms with Crippen LogP contribution >= 0.6 is 23.5 Å². The van der Waals surface area contributed by atoms with Crippen LogP contribution in [0.3, 0.4) is 0 Å². The van der Waals surface area contributed by atoms with E-state index in [-0.39, 0.29) is 23.2 Å². The van der Waals surface area contributed by atoms with E-state index in [1.54, 1.807) is 30.7 Å². The SMILES string of the molecule is CC(=O)N[C@@H](CSC(c1ncccn1)C1CCCC(C(SCCC(=O)O)c2ccncn2)C1=O)C(=O)O. The molecule has 1 amide bonds. The van der Waals surface area contributed by atoms with E-state index >= 15 is 0 Å². The smallest absolute Gasteiger partial charge is 0.327 e. The lowest BCUT2D eigenvalue weighted by Crippen LogP contribution is -2.42. The normalized spacial score (nSPS) is 20.0. The number of carbonyl (C=O) groups excluding carboxylic acids is 2. The topological polar surface area (TPSA) is 172 Å². The van der Waals surface area contributed by atoms with Crippen molar-refractivity contribution < 1.29 is 29.4 Å². The summed E-state index contributed by atoms with van der Waals surface area (Å²) in [7, 11) is 0. The molecule has 2 aromatic rings. The number of carboxylic acids is 2. The van der Waals surface area contributed by atoms with E-state index in [4.69, 9.17) is 5.11 Å². The molecule has 1 aliphatic rings. The Morgan fingerprint density at radius 1 is 1.05 bits per heavy atom. The van der Waals surface area contributed by atoms with Crippen LogP contribution in [-0.4, -0.2) is 71.3 Å². The average Bonchev–Trinajstić information content (AvgIpc) is 2.88. The van der Waals surface area contributed by atoms with E-state index < -0.39 is 41.0 Å². The third-order valence-electron chi connectivity index (χ3n) is 5.96. The Balaban J connectivity index is 1.87. The molecule has 0 radical (unpaired) electrons. The molecule has 11 nitrogen and oxygen atoms in total. The monoisotopic (exact) mass is 547 g/mol. The van der Waals surface area contributed by atoms with Crippen molar-refractivity contribution in [3.63, 3.8) is 0 Å². The number of aliphatic carboxylic acids is 2. The zero-order valence-electron chi connectivity index (χ0n) is 20.2. The minimum Gasteiger partial charge on any atom is -0.481 e. The van der Waals surface area contributed by atoms with Gasteiger partial charge >= 0.3 is 11.9 Å². The Hall–Kier alpha value is -3.06. The summed E-state index contributed by atoms with van der Waals surface area (Å²) >= 11 is 2.64. The zero-order chi connectivity index (χ0) is 26.8. The van der Waals surface area contributed by atoms with Crippen LogP contribution in [0.15, 0.2) is 37.1 Å². The first-order valence-corrected chi connectivity index (χ1v) is 13.9. The maximum Gasteiger partial charge on any atom is 0.327 e. The van der Waals surface area contributed by atoms with Gasteiger partial charge in [0, 0.05) is 48.9 Å². The molecule has 0 bridgehead atoms. The first kappa shape index (κ1) is 28.5. The number of hydrogen-bond acceptors (Lipinski definition) is 10. The van der Waals surface area contributed by atoms with Crippen molar-refractivity contribution in [1.82, 2.24) is 25.3 Å². The van der Waals surface area contributed by atoms with E-state index in [2.05, 4.69) is 25.3 Å². The highest BCUT2D eigenvalue weighted by molar-refractivity contribution is 7.99. The van der Waals surface area contributed by atoms with Gasteiger partial charge in [-0.15, -0.1) is 11.8 Å². The third kappa shape index (κ3) is 8.22. The van der Waals surface area contributed by atoms with Crippen LogP contribution in [0.4, 0.5) is 0 Å². The Bertz CT molecular complexity index is 1080. The molecule has 0 aliphatic heterocycles. The highest BCUT2D eigenvalue weighted by Crippen LogP contribution is 2.47. The minimum atomic E-state index is -1.16. The third-order valence-corrected chi connectivity index (χ3v) is 8.75. The summed E-state index contributed by atoms with van der Waals surface area (Å²) in [6.07, 6.45) is 8.09. The number of thioether (sulfide) groups is 2. The van der Waals surface area contributed by atoms with Gasteiger partial charge in [0.05, 0.1) is 22.6 Å². The lowest BCUT2D eigenvalue weighted by atomic mass is 9.76.